The quantitative estimate of drug-likeness (QED) is 0.774. The maximum Gasteiger partial charge on any atom is 0.251 e. The van der Waals surface area contributed by atoms with E-state index in [9.17, 15) is 4.79 Å². The molecule has 112 valence electrons. The second-order valence-electron chi connectivity index (χ2n) is 4.77. The first kappa shape index (κ1) is 16.8. The summed E-state index contributed by atoms with van der Waals surface area (Å²) in [6.07, 6.45) is 4.90. The Bertz CT molecular complexity index is 437. The molecule has 20 heavy (non-hydrogen) atoms. The van der Waals surface area contributed by atoms with E-state index in [0.717, 1.165) is 36.5 Å². The predicted octanol–water partition coefficient (Wildman–Crippen LogP) is 2.95. The highest BCUT2D eigenvalue weighted by Crippen LogP contribution is 2.12. The topological polar surface area (TPSA) is 54.0 Å². The molecule has 2 N–H and O–H groups in total. The number of hydrogen-bond donors (Lipinski definition) is 2. The van der Waals surface area contributed by atoms with Crippen LogP contribution in [0.15, 0.2) is 12.1 Å². The molecule has 0 bridgehead atoms. The van der Waals surface area contributed by atoms with E-state index in [1.165, 1.54) is 0 Å². The molecule has 1 rings (SSSR count). The van der Waals surface area contributed by atoms with Crippen molar-refractivity contribution in [3.8, 4) is 0 Å². The molecule has 0 fully saturated rings. The summed E-state index contributed by atoms with van der Waals surface area (Å²) in [6.45, 7) is 4.20. The van der Waals surface area contributed by atoms with E-state index in [0.29, 0.717) is 5.56 Å². The minimum absolute atomic E-state index is 0.0119. The molecule has 1 atom stereocenters. The summed E-state index contributed by atoms with van der Waals surface area (Å²) in [5, 5.41) is 6.11. The van der Waals surface area contributed by atoms with Gasteiger partial charge in [0.15, 0.2) is 0 Å². The van der Waals surface area contributed by atoms with Crippen LogP contribution in [-0.4, -0.2) is 36.0 Å². The van der Waals surface area contributed by atoms with Gasteiger partial charge in [0.25, 0.3) is 5.91 Å². The van der Waals surface area contributed by atoms with E-state index in [4.69, 9.17) is 0 Å². The fraction of sp³-hybridized carbons (Fsp3) is 0.600. The number of rotatable bonds is 8. The number of carbonyl (C=O) groups is 1. The van der Waals surface area contributed by atoms with Crippen molar-refractivity contribution in [3.63, 3.8) is 0 Å². The third kappa shape index (κ3) is 5.04. The molecular weight excluding hydrogens is 270 g/mol. The second kappa shape index (κ2) is 8.84. The third-order valence-electron chi connectivity index (χ3n) is 3.10. The Hall–Kier alpha value is -1.23. The van der Waals surface area contributed by atoms with Crippen LogP contribution < -0.4 is 10.6 Å². The van der Waals surface area contributed by atoms with Crippen LogP contribution in [0.25, 0.3) is 0 Å². The van der Waals surface area contributed by atoms with Gasteiger partial charge in [-0.15, -0.1) is 0 Å². The maximum absolute atomic E-state index is 12.3. The Kier molecular flexibility index (Phi) is 7.44. The molecule has 0 spiro atoms. The SMILES string of the molecule is CCCc1cc(C(=O)NC(CC)CSC)cc(NC)n1. The van der Waals surface area contributed by atoms with Gasteiger partial charge in [0.2, 0.25) is 0 Å². The van der Waals surface area contributed by atoms with Crippen molar-refractivity contribution < 1.29 is 4.79 Å². The van der Waals surface area contributed by atoms with Crippen LogP contribution in [-0.2, 0) is 6.42 Å². The van der Waals surface area contributed by atoms with E-state index in [1.807, 2.05) is 13.1 Å². The minimum atomic E-state index is -0.0119. The number of pyridine rings is 1. The van der Waals surface area contributed by atoms with Gasteiger partial charge in [-0.2, -0.15) is 11.8 Å². The Morgan fingerprint density at radius 2 is 2.15 bits per heavy atom. The fourth-order valence-corrected chi connectivity index (χ4v) is 2.68. The zero-order chi connectivity index (χ0) is 15.0. The molecule has 0 aliphatic rings. The van der Waals surface area contributed by atoms with Crippen molar-refractivity contribution in [2.45, 2.75) is 39.2 Å². The molecule has 0 saturated heterocycles. The standard InChI is InChI=1S/C15H25N3OS/c1-5-7-13-8-11(9-14(16-3)17-13)15(19)18-12(6-2)10-20-4/h8-9,12H,5-7,10H2,1-4H3,(H,16,17)(H,18,19). The summed E-state index contributed by atoms with van der Waals surface area (Å²) in [5.41, 5.74) is 1.65. The average Bonchev–Trinajstić information content (AvgIpc) is 2.46. The zero-order valence-corrected chi connectivity index (χ0v) is 13.6. The molecular formula is C15H25N3OS. The first-order chi connectivity index (χ1) is 9.64. The number of aryl methyl sites for hydroxylation is 1. The van der Waals surface area contributed by atoms with Crippen LogP contribution in [0.5, 0.6) is 0 Å². The van der Waals surface area contributed by atoms with Crippen molar-refractivity contribution in [1.29, 1.82) is 0 Å². The van der Waals surface area contributed by atoms with E-state index in [2.05, 4.69) is 35.7 Å². The lowest BCUT2D eigenvalue weighted by Gasteiger charge is -2.16. The first-order valence-electron chi connectivity index (χ1n) is 7.13. The first-order valence-corrected chi connectivity index (χ1v) is 8.52. The summed E-state index contributed by atoms with van der Waals surface area (Å²) >= 11 is 1.75. The van der Waals surface area contributed by atoms with Crippen molar-refractivity contribution in [2.75, 3.05) is 24.4 Å². The van der Waals surface area contributed by atoms with E-state index in [1.54, 1.807) is 17.8 Å². The summed E-state index contributed by atoms with van der Waals surface area (Å²) < 4.78 is 0. The molecule has 1 heterocycles. The molecule has 1 unspecified atom stereocenters. The Morgan fingerprint density at radius 3 is 2.70 bits per heavy atom. The molecule has 0 aliphatic carbocycles. The molecule has 0 radical (unpaired) electrons. The maximum atomic E-state index is 12.3. The number of amides is 1. The summed E-state index contributed by atoms with van der Waals surface area (Å²) in [7, 11) is 1.82. The second-order valence-corrected chi connectivity index (χ2v) is 5.68. The van der Waals surface area contributed by atoms with E-state index >= 15 is 0 Å². The number of carbonyl (C=O) groups excluding carboxylic acids is 1. The van der Waals surface area contributed by atoms with Crippen LogP contribution in [0.3, 0.4) is 0 Å². The Balaban J connectivity index is 2.87. The van der Waals surface area contributed by atoms with E-state index in [-0.39, 0.29) is 11.9 Å². The lowest BCUT2D eigenvalue weighted by atomic mass is 10.1. The highest BCUT2D eigenvalue weighted by molar-refractivity contribution is 7.98. The summed E-state index contributed by atoms with van der Waals surface area (Å²) in [4.78, 5) is 16.8. The molecule has 0 aromatic carbocycles. The normalized spacial score (nSPS) is 12.0. The Morgan fingerprint density at radius 1 is 1.40 bits per heavy atom. The van der Waals surface area contributed by atoms with Gasteiger partial charge >= 0.3 is 0 Å². The highest BCUT2D eigenvalue weighted by Gasteiger charge is 2.13. The molecule has 1 amide bonds. The number of nitrogens with zero attached hydrogens (tertiary/aromatic N) is 1. The van der Waals surface area contributed by atoms with Crippen LogP contribution in [0.2, 0.25) is 0 Å². The van der Waals surface area contributed by atoms with Crippen molar-refractivity contribution in [2.24, 2.45) is 0 Å². The highest BCUT2D eigenvalue weighted by atomic mass is 32.2. The molecule has 4 nitrogen and oxygen atoms in total. The van der Waals surface area contributed by atoms with Gasteiger partial charge in [-0.25, -0.2) is 4.98 Å². The molecule has 0 saturated carbocycles. The van der Waals surface area contributed by atoms with Crippen molar-refractivity contribution in [3.05, 3.63) is 23.4 Å². The predicted molar refractivity (Wildman–Crippen MR) is 87.7 cm³/mol. The lowest BCUT2D eigenvalue weighted by molar-refractivity contribution is 0.0940. The number of nitrogens with one attached hydrogen (secondary N) is 2. The summed E-state index contributed by atoms with van der Waals surface area (Å²) in [5.74, 6) is 1.68. The fourth-order valence-electron chi connectivity index (χ4n) is 1.96. The van der Waals surface area contributed by atoms with Crippen LogP contribution in [0.1, 0.15) is 42.7 Å². The molecule has 1 aromatic rings. The molecule has 0 aliphatic heterocycles. The number of aromatic nitrogens is 1. The number of anilines is 1. The van der Waals surface area contributed by atoms with Gasteiger partial charge < -0.3 is 10.6 Å². The number of hydrogen-bond acceptors (Lipinski definition) is 4. The summed E-state index contributed by atoms with van der Waals surface area (Å²) in [6, 6.07) is 3.92. The monoisotopic (exact) mass is 295 g/mol. The van der Waals surface area contributed by atoms with Gasteiger partial charge in [-0.1, -0.05) is 20.3 Å². The van der Waals surface area contributed by atoms with Crippen LogP contribution >= 0.6 is 11.8 Å². The number of thioether (sulfide) groups is 1. The van der Waals surface area contributed by atoms with Crippen LogP contribution in [0.4, 0.5) is 5.82 Å². The van der Waals surface area contributed by atoms with E-state index < -0.39 is 0 Å². The van der Waals surface area contributed by atoms with Crippen LogP contribution in [0, 0.1) is 0 Å². The largest absolute Gasteiger partial charge is 0.373 e. The van der Waals surface area contributed by atoms with Gasteiger partial charge in [0.05, 0.1) is 0 Å². The molecule has 5 heteroatoms. The van der Waals surface area contributed by atoms with Gasteiger partial charge in [0, 0.05) is 30.1 Å². The minimum Gasteiger partial charge on any atom is -0.373 e. The van der Waals surface area contributed by atoms with Crippen molar-refractivity contribution in [1.82, 2.24) is 10.3 Å². The average molecular weight is 295 g/mol. The van der Waals surface area contributed by atoms with Gasteiger partial charge in [0.1, 0.15) is 5.82 Å². The Labute approximate surface area is 126 Å². The van der Waals surface area contributed by atoms with Crippen molar-refractivity contribution >= 4 is 23.5 Å². The smallest absolute Gasteiger partial charge is 0.251 e. The third-order valence-corrected chi connectivity index (χ3v) is 3.83. The van der Waals surface area contributed by atoms with Gasteiger partial charge in [-0.3, -0.25) is 4.79 Å². The van der Waals surface area contributed by atoms with Gasteiger partial charge in [-0.05, 0) is 31.2 Å². The zero-order valence-electron chi connectivity index (χ0n) is 12.8. The lowest BCUT2D eigenvalue weighted by Crippen LogP contribution is -2.36. The molecule has 1 aromatic heterocycles.